The van der Waals surface area contributed by atoms with Crippen LogP contribution in [0, 0.1) is 0 Å². The van der Waals surface area contributed by atoms with Crippen LogP contribution in [0.25, 0.3) is 6.08 Å². The van der Waals surface area contributed by atoms with Gasteiger partial charge in [0.15, 0.2) is 0 Å². The second-order valence-electron chi connectivity index (χ2n) is 4.16. The summed E-state index contributed by atoms with van der Waals surface area (Å²) in [5, 5.41) is 18.6. The average molecular weight is 272 g/mol. The summed E-state index contributed by atoms with van der Waals surface area (Å²) < 4.78 is 18.5. The minimum Gasteiger partial charge on any atom is -0.394 e. The maximum Gasteiger partial charge on any atom is 0.330 e. The van der Waals surface area contributed by atoms with Crippen molar-refractivity contribution in [1.82, 2.24) is 9.55 Å². The molecule has 8 heteroatoms. The molecule has 1 unspecified atom stereocenters. The molecule has 0 saturated carbocycles. The number of aliphatic hydroxyl groups excluding tert-OH is 2. The lowest BCUT2D eigenvalue weighted by Gasteiger charge is -2.14. The summed E-state index contributed by atoms with van der Waals surface area (Å²) in [5.41, 5.74) is -1.49. The third-order valence-electron chi connectivity index (χ3n) is 2.93. The zero-order valence-electron chi connectivity index (χ0n) is 9.82. The third-order valence-corrected chi connectivity index (χ3v) is 2.93. The number of ether oxygens (including phenoxy) is 1. The lowest BCUT2D eigenvalue weighted by atomic mass is 10.2. The Balaban J connectivity index is 2.38. The van der Waals surface area contributed by atoms with Gasteiger partial charge in [0, 0.05) is 12.6 Å². The van der Waals surface area contributed by atoms with Crippen molar-refractivity contribution in [2.75, 3.05) is 6.61 Å². The maximum atomic E-state index is 12.1. The van der Waals surface area contributed by atoms with Crippen LogP contribution in [0.3, 0.4) is 0 Å². The molecule has 3 atom stereocenters. The Bertz CT molecular complexity index is 593. The number of nitrogens with one attached hydrogen (secondary N) is 1. The van der Waals surface area contributed by atoms with Gasteiger partial charge in [0.25, 0.3) is 5.56 Å². The zero-order chi connectivity index (χ0) is 14.0. The van der Waals surface area contributed by atoms with Crippen LogP contribution in [-0.4, -0.2) is 38.6 Å². The number of hydrogen-bond donors (Lipinski definition) is 3. The van der Waals surface area contributed by atoms with Crippen molar-refractivity contribution in [3.05, 3.63) is 38.9 Å². The Hall–Kier alpha value is -1.77. The minimum atomic E-state index is -0.908. The highest BCUT2D eigenvalue weighted by molar-refractivity contribution is 5.44. The number of H-pyrrole nitrogens is 1. The molecule has 0 amide bonds. The first-order chi connectivity index (χ1) is 9.06. The zero-order valence-corrected chi connectivity index (χ0v) is 9.82. The van der Waals surface area contributed by atoms with Gasteiger partial charge < -0.3 is 14.9 Å². The maximum absolute atomic E-state index is 12.1. The summed E-state index contributed by atoms with van der Waals surface area (Å²) in [6.45, 7) is -0.382. The molecule has 1 aromatic rings. The summed E-state index contributed by atoms with van der Waals surface area (Å²) in [6.07, 6.45) is -0.185. The Morgan fingerprint density at radius 1 is 1.58 bits per heavy atom. The third kappa shape index (κ3) is 2.65. The van der Waals surface area contributed by atoms with E-state index in [0.29, 0.717) is 0 Å². The number of hydrogen-bond acceptors (Lipinski definition) is 5. The van der Waals surface area contributed by atoms with Crippen LogP contribution in [0.4, 0.5) is 4.39 Å². The first-order valence-electron chi connectivity index (χ1n) is 5.63. The quantitative estimate of drug-likeness (QED) is 0.662. The molecule has 104 valence electrons. The van der Waals surface area contributed by atoms with Crippen LogP contribution in [0.2, 0.25) is 0 Å². The molecule has 2 rings (SSSR count). The summed E-state index contributed by atoms with van der Waals surface area (Å²) in [5.74, 6) is 0. The molecule has 7 nitrogen and oxygen atoms in total. The Morgan fingerprint density at radius 3 is 2.89 bits per heavy atom. The molecule has 0 spiro atoms. The molecule has 19 heavy (non-hydrogen) atoms. The SMILES string of the molecule is O=c1[nH]c(=O)n([C@H]2CC(O)[C@@H](CO)O2)cc1/C=C\F. The second kappa shape index (κ2) is 5.47. The first-order valence-corrected chi connectivity index (χ1v) is 5.63. The van der Waals surface area contributed by atoms with Crippen LogP contribution < -0.4 is 11.2 Å². The fourth-order valence-corrected chi connectivity index (χ4v) is 1.95. The molecule has 0 aliphatic carbocycles. The molecule has 1 aliphatic heterocycles. The van der Waals surface area contributed by atoms with E-state index in [2.05, 4.69) is 0 Å². The summed E-state index contributed by atoms with van der Waals surface area (Å²) in [6, 6.07) is 0. The van der Waals surface area contributed by atoms with E-state index >= 15 is 0 Å². The van der Waals surface area contributed by atoms with Gasteiger partial charge in [-0.2, -0.15) is 0 Å². The van der Waals surface area contributed by atoms with Crippen molar-refractivity contribution < 1.29 is 19.3 Å². The van der Waals surface area contributed by atoms with Crippen LogP contribution >= 0.6 is 0 Å². The topological polar surface area (TPSA) is 105 Å². The van der Waals surface area contributed by atoms with Gasteiger partial charge >= 0.3 is 5.69 Å². The molecular weight excluding hydrogens is 259 g/mol. The molecule has 1 aromatic heterocycles. The van der Waals surface area contributed by atoms with Gasteiger partial charge in [0.05, 0.1) is 24.6 Å². The van der Waals surface area contributed by atoms with Crippen molar-refractivity contribution in [2.24, 2.45) is 0 Å². The monoisotopic (exact) mass is 272 g/mol. The molecule has 0 aromatic carbocycles. The highest BCUT2D eigenvalue weighted by atomic mass is 19.1. The van der Waals surface area contributed by atoms with Crippen molar-refractivity contribution in [3.63, 3.8) is 0 Å². The Morgan fingerprint density at radius 2 is 2.32 bits per heavy atom. The van der Waals surface area contributed by atoms with E-state index in [1.54, 1.807) is 0 Å². The molecule has 0 radical (unpaired) electrons. The van der Waals surface area contributed by atoms with Crippen LogP contribution in [0.5, 0.6) is 0 Å². The van der Waals surface area contributed by atoms with E-state index in [1.165, 1.54) is 0 Å². The molecular formula is C11H13FN2O5. The van der Waals surface area contributed by atoms with E-state index in [-0.39, 0.29) is 24.9 Å². The summed E-state index contributed by atoms with van der Waals surface area (Å²) >= 11 is 0. The number of aromatic amines is 1. The summed E-state index contributed by atoms with van der Waals surface area (Å²) in [7, 11) is 0. The fourth-order valence-electron chi connectivity index (χ4n) is 1.95. The molecule has 2 heterocycles. The molecule has 1 saturated heterocycles. The lowest BCUT2D eigenvalue weighted by Crippen LogP contribution is -2.33. The van der Waals surface area contributed by atoms with Gasteiger partial charge in [-0.15, -0.1) is 0 Å². The first kappa shape index (κ1) is 13.7. The lowest BCUT2D eigenvalue weighted by molar-refractivity contribution is -0.0459. The van der Waals surface area contributed by atoms with Crippen molar-refractivity contribution in [1.29, 1.82) is 0 Å². The van der Waals surface area contributed by atoms with Crippen LogP contribution in [0.1, 0.15) is 18.2 Å². The Labute approximate surface area is 106 Å². The van der Waals surface area contributed by atoms with E-state index in [0.717, 1.165) is 16.8 Å². The standard InChI is InChI=1S/C11H13FN2O5/c12-2-1-6-4-14(11(18)13-10(6)17)9-3-7(16)8(5-15)19-9/h1-2,4,7-9,15-16H,3,5H2,(H,13,17,18)/b2-1-/t7?,8-,9-/m1/s1. The van der Waals surface area contributed by atoms with E-state index < -0.39 is 29.7 Å². The van der Waals surface area contributed by atoms with Crippen molar-refractivity contribution >= 4 is 6.08 Å². The average Bonchev–Trinajstić information content (AvgIpc) is 2.74. The molecule has 0 bridgehead atoms. The Kier molecular flexibility index (Phi) is 3.93. The predicted octanol–water partition coefficient (Wildman–Crippen LogP) is -0.883. The van der Waals surface area contributed by atoms with E-state index in [1.807, 2.05) is 4.98 Å². The highest BCUT2D eigenvalue weighted by Gasteiger charge is 2.35. The largest absolute Gasteiger partial charge is 0.394 e. The number of halogens is 1. The minimum absolute atomic E-state index is 0.0485. The number of rotatable bonds is 3. The number of aliphatic hydroxyl groups is 2. The highest BCUT2D eigenvalue weighted by Crippen LogP contribution is 2.27. The van der Waals surface area contributed by atoms with Gasteiger partial charge in [-0.05, 0) is 6.08 Å². The van der Waals surface area contributed by atoms with Crippen molar-refractivity contribution in [3.8, 4) is 0 Å². The van der Waals surface area contributed by atoms with Crippen LogP contribution in [0.15, 0.2) is 22.1 Å². The summed E-state index contributed by atoms with van der Waals surface area (Å²) in [4.78, 5) is 25.0. The van der Waals surface area contributed by atoms with Crippen LogP contribution in [-0.2, 0) is 4.74 Å². The number of aromatic nitrogens is 2. The van der Waals surface area contributed by atoms with Crippen molar-refractivity contribution in [2.45, 2.75) is 24.9 Å². The van der Waals surface area contributed by atoms with Gasteiger partial charge in [-0.1, -0.05) is 0 Å². The fraction of sp³-hybridized carbons (Fsp3) is 0.455. The number of nitrogens with zero attached hydrogens (tertiary/aromatic N) is 1. The van der Waals surface area contributed by atoms with Gasteiger partial charge in [-0.3, -0.25) is 14.3 Å². The normalized spacial score (nSPS) is 27.2. The second-order valence-corrected chi connectivity index (χ2v) is 4.16. The van der Waals surface area contributed by atoms with E-state index in [9.17, 15) is 19.1 Å². The molecule has 3 N–H and O–H groups in total. The van der Waals surface area contributed by atoms with Gasteiger partial charge in [-0.25, -0.2) is 9.18 Å². The predicted molar refractivity (Wildman–Crippen MR) is 63.1 cm³/mol. The molecule has 1 aliphatic rings. The van der Waals surface area contributed by atoms with Gasteiger partial charge in [0.2, 0.25) is 0 Å². The van der Waals surface area contributed by atoms with E-state index in [4.69, 9.17) is 9.84 Å². The van der Waals surface area contributed by atoms with Gasteiger partial charge in [0.1, 0.15) is 12.3 Å². The molecule has 1 fully saturated rings. The smallest absolute Gasteiger partial charge is 0.330 e.